The molecule has 0 aliphatic carbocycles. The number of aromatic nitrogens is 1. The third kappa shape index (κ3) is 3.27. The van der Waals surface area contributed by atoms with Gasteiger partial charge in [-0.1, -0.05) is 13.3 Å². The smallest absolute Gasteiger partial charge is 0.124 e. The van der Waals surface area contributed by atoms with Crippen molar-refractivity contribution in [3.63, 3.8) is 0 Å². The van der Waals surface area contributed by atoms with Gasteiger partial charge in [-0.2, -0.15) is 0 Å². The zero-order valence-electron chi connectivity index (χ0n) is 10.8. The number of hydrogen-bond acceptors (Lipinski definition) is 3. The first kappa shape index (κ1) is 13.4. The Kier molecular flexibility index (Phi) is 4.30. The van der Waals surface area contributed by atoms with Gasteiger partial charge in [0.1, 0.15) is 5.82 Å². The first-order valence-corrected chi connectivity index (χ1v) is 7.19. The lowest BCUT2D eigenvalue weighted by Crippen LogP contribution is -2.14. The van der Waals surface area contributed by atoms with Crippen molar-refractivity contribution in [1.29, 1.82) is 0 Å². The quantitative estimate of drug-likeness (QED) is 0.886. The van der Waals surface area contributed by atoms with E-state index in [1.54, 1.807) is 23.5 Å². The third-order valence-electron chi connectivity index (χ3n) is 3.09. The SMILES string of the molecule is CC(N)CCCC(C)c1nc2ccc(F)cc2s1. The van der Waals surface area contributed by atoms with Crippen molar-refractivity contribution in [3.8, 4) is 0 Å². The lowest BCUT2D eigenvalue weighted by Gasteiger charge is -2.09. The number of halogens is 1. The average molecular weight is 266 g/mol. The molecule has 18 heavy (non-hydrogen) atoms. The molecule has 2 nitrogen and oxygen atoms in total. The summed E-state index contributed by atoms with van der Waals surface area (Å²) in [7, 11) is 0. The van der Waals surface area contributed by atoms with Crippen LogP contribution in [0.1, 0.15) is 44.0 Å². The van der Waals surface area contributed by atoms with Crippen molar-refractivity contribution in [3.05, 3.63) is 29.0 Å². The van der Waals surface area contributed by atoms with Gasteiger partial charge in [-0.3, -0.25) is 0 Å². The molecule has 98 valence electrons. The number of hydrogen-bond donors (Lipinski definition) is 1. The van der Waals surface area contributed by atoms with Crippen LogP contribution in [0.3, 0.4) is 0 Å². The molecule has 2 rings (SSSR count). The summed E-state index contributed by atoms with van der Waals surface area (Å²) < 4.78 is 14.0. The van der Waals surface area contributed by atoms with Gasteiger partial charge < -0.3 is 5.73 Å². The summed E-state index contributed by atoms with van der Waals surface area (Å²) in [5.74, 6) is 0.228. The van der Waals surface area contributed by atoms with Gasteiger partial charge in [-0.05, 0) is 38.0 Å². The fourth-order valence-electron chi connectivity index (χ4n) is 2.00. The minimum Gasteiger partial charge on any atom is -0.328 e. The second kappa shape index (κ2) is 5.76. The van der Waals surface area contributed by atoms with E-state index in [0.717, 1.165) is 34.5 Å². The van der Waals surface area contributed by atoms with Gasteiger partial charge in [0.25, 0.3) is 0 Å². The standard InChI is InChI=1S/C14H19FN2S/c1-9(4-3-5-10(2)16)14-17-12-7-6-11(15)8-13(12)18-14/h6-10H,3-5,16H2,1-2H3. The number of rotatable bonds is 5. The highest BCUT2D eigenvalue weighted by Gasteiger charge is 2.12. The van der Waals surface area contributed by atoms with Gasteiger partial charge >= 0.3 is 0 Å². The van der Waals surface area contributed by atoms with Crippen LogP contribution in [0.4, 0.5) is 4.39 Å². The second-order valence-corrected chi connectivity index (χ2v) is 6.04. The van der Waals surface area contributed by atoms with Crippen LogP contribution in [-0.4, -0.2) is 11.0 Å². The van der Waals surface area contributed by atoms with E-state index in [4.69, 9.17) is 5.73 Å². The molecular formula is C14H19FN2S. The van der Waals surface area contributed by atoms with Crippen LogP contribution in [0.5, 0.6) is 0 Å². The lowest BCUT2D eigenvalue weighted by atomic mass is 10.0. The van der Waals surface area contributed by atoms with Gasteiger partial charge in [-0.25, -0.2) is 9.37 Å². The summed E-state index contributed by atoms with van der Waals surface area (Å²) >= 11 is 1.60. The molecular weight excluding hydrogens is 247 g/mol. The molecule has 0 aliphatic heterocycles. The fraction of sp³-hybridized carbons (Fsp3) is 0.500. The molecule has 0 aliphatic rings. The highest BCUT2D eigenvalue weighted by molar-refractivity contribution is 7.18. The Morgan fingerprint density at radius 2 is 2.11 bits per heavy atom. The number of nitrogens with zero attached hydrogens (tertiary/aromatic N) is 1. The van der Waals surface area contributed by atoms with E-state index in [2.05, 4.69) is 11.9 Å². The molecule has 2 aromatic rings. The van der Waals surface area contributed by atoms with Crippen molar-refractivity contribution in [2.75, 3.05) is 0 Å². The summed E-state index contributed by atoms with van der Waals surface area (Å²) in [5.41, 5.74) is 6.64. The molecule has 1 heterocycles. The molecule has 2 unspecified atom stereocenters. The van der Waals surface area contributed by atoms with Crippen LogP contribution >= 0.6 is 11.3 Å². The summed E-state index contributed by atoms with van der Waals surface area (Å²) in [5, 5.41) is 1.10. The van der Waals surface area contributed by atoms with Crippen LogP contribution in [-0.2, 0) is 0 Å². The maximum Gasteiger partial charge on any atom is 0.124 e. The largest absolute Gasteiger partial charge is 0.328 e. The first-order chi connectivity index (χ1) is 8.56. The third-order valence-corrected chi connectivity index (χ3v) is 4.33. The Hall–Kier alpha value is -1.000. The Bertz CT molecular complexity index is 521. The molecule has 0 fully saturated rings. The Morgan fingerprint density at radius 1 is 1.33 bits per heavy atom. The van der Waals surface area contributed by atoms with Crippen LogP contribution in [0, 0.1) is 5.82 Å². The molecule has 4 heteroatoms. The number of benzene rings is 1. The van der Waals surface area contributed by atoms with E-state index < -0.39 is 0 Å². The Morgan fingerprint density at radius 3 is 2.83 bits per heavy atom. The van der Waals surface area contributed by atoms with Crippen molar-refractivity contribution in [2.45, 2.75) is 45.1 Å². The molecule has 0 saturated carbocycles. The summed E-state index contributed by atoms with van der Waals surface area (Å²) in [6.45, 7) is 4.21. The molecule has 2 atom stereocenters. The predicted molar refractivity (Wildman–Crippen MR) is 75.5 cm³/mol. The minimum absolute atomic E-state index is 0.192. The van der Waals surface area contributed by atoms with E-state index in [0.29, 0.717) is 5.92 Å². The monoisotopic (exact) mass is 266 g/mol. The number of thiazole rings is 1. The molecule has 0 saturated heterocycles. The van der Waals surface area contributed by atoms with Crippen molar-refractivity contribution in [1.82, 2.24) is 4.98 Å². The van der Waals surface area contributed by atoms with Crippen LogP contribution in [0.2, 0.25) is 0 Å². The molecule has 0 spiro atoms. The van der Waals surface area contributed by atoms with Crippen LogP contribution < -0.4 is 5.73 Å². The average Bonchev–Trinajstić information content (AvgIpc) is 2.71. The van der Waals surface area contributed by atoms with Gasteiger partial charge in [-0.15, -0.1) is 11.3 Å². The van der Waals surface area contributed by atoms with Crippen molar-refractivity contribution >= 4 is 21.6 Å². The molecule has 1 aromatic heterocycles. The zero-order chi connectivity index (χ0) is 13.1. The van der Waals surface area contributed by atoms with E-state index >= 15 is 0 Å². The fourth-order valence-corrected chi connectivity index (χ4v) is 3.07. The molecule has 1 aromatic carbocycles. The van der Waals surface area contributed by atoms with E-state index in [9.17, 15) is 4.39 Å². The molecule has 0 amide bonds. The van der Waals surface area contributed by atoms with Gasteiger partial charge in [0.15, 0.2) is 0 Å². The van der Waals surface area contributed by atoms with Gasteiger partial charge in [0.2, 0.25) is 0 Å². The zero-order valence-corrected chi connectivity index (χ0v) is 11.6. The summed E-state index contributed by atoms with van der Waals surface area (Å²) in [6.07, 6.45) is 3.25. The van der Waals surface area contributed by atoms with E-state index in [1.165, 1.54) is 6.07 Å². The maximum absolute atomic E-state index is 13.1. The normalized spacial score (nSPS) is 14.9. The number of fused-ring (bicyclic) bond motifs is 1. The summed E-state index contributed by atoms with van der Waals surface area (Å²) in [6, 6.07) is 5.04. The highest BCUT2D eigenvalue weighted by atomic mass is 32.1. The van der Waals surface area contributed by atoms with E-state index in [1.807, 2.05) is 6.92 Å². The number of nitrogens with two attached hydrogens (primary N) is 1. The first-order valence-electron chi connectivity index (χ1n) is 6.38. The predicted octanol–water partition coefficient (Wildman–Crippen LogP) is 4.06. The highest BCUT2D eigenvalue weighted by Crippen LogP contribution is 2.30. The van der Waals surface area contributed by atoms with Crippen molar-refractivity contribution < 1.29 is 4.39 Å². The molecule has 0 radical (unpaired) electrons. The summed E-state index contributed by atoms with van der Waals surface area (Å²) in [4.78, 5) is 4.57. The van der Waals surface area contributed by atoms with Crippen LogP contribution in [0.25, 0.3) is 10.2 Å². The maximum atomic E-state index is 13.1. The van der Waals surface area contributed by atoms with Crippen LogP contribution in [0.15, 0.2) is 18.2 Å². The van der Waals surface area contributed by atoms with E-state index in [-0.39, 0.29) is 11.9 Å². The van der Waals surface area contributed by atoms with Crippen molar-refractivity contribution in [2.24, 2.45) is 5.73 Å². The Labute approximate surface area is 111 Å². The lowest BCUT2D eigenvalue weighted by molar-refractivity contribution is 0.556. The Balaban J connectivity index is 2.06. The topological polar surface area (TPSA) is 38.9 Å². The molecule has 0 bridgehead atoms. The molecule has 2 N–H and O–H groups in total. The second-order valence-electron chi connectivity index (χ2n) is 4.97. The van der Waals surface area contributed by atoms with Gasteiger partial charge in [0.05, 0.1) is 15.2 Å². The minimum atomic E-state index is -0.192. The van der Waals surface area contributed by atoms with Gasteiger partial charge in [0, 0.05) is 12.0 Å².